The average molecular weight is 325 g/mol. The summed E-state index contributed by atoms with van der Waals surface area (Å²) in [5.74, 6) is -0.133. The zero-order chi connectivity index (χ0) is 16.3. The number of likely N-dealkylation sites (N-methyl/N-ethyl adjacent to an activating group) is 1. The minimum Gasteiger partial charge on any atom is -0.326 e. The fraction of sp³-hybridized carbons (Fsp3) is 0.533. The van der Waals surface area contributed by atoms with Gasteiger partial charge in [-0.15, -0.1) is 0 Å². The maximum atomic E-state index is 12.8. The molecule has 1 aliphatic heterocycles. The summed E-state index contributed by atoms with van der Waals surface area (Å²) in [6, 6.07) is 5.01. The molecule has 1 amide bonds. The highest BCUT2D eigenvalue weighted by Crippen LogP contribution is 2.24. The normalized spacial score (nSPS) is 17.4. The average Bonchev–Trinajstić information content (AvgIpc) is 2.49. The number of piperazine rings is 1. The minimum atomic E-state index is -3.53. The van der Waals surface area contributed by atoms with Gasteiger partial charge < -0.3 is 10.2 Å². The van der Waals surface area contributed by atoms with E-state index in [0.29, 0.717) is 30.8 Å². The first kappa shape index (κ1) is 16.9. The highest BCUT2D eigenvalue weighted by molar-refractivity contribution is 7.89. The number of rotatable bonds is 4. The van der Waals surface area contributed by atoms with E-state index >= 15 is 0 Å². The molecule has 1 aromatic rings. The number of hydrogen-bond acceptors (Lipinski definition) is 4. The number of aryl methyl sites for hydroxylation is 1. The van der Waals surface area contributed by atoms with Crippen LogP contribution in [0.4, 0.5) is 5.69 Å². The van der Waals surface area contributed by atoms with Crippen LogP contribution in [0, 0.1) is 6.92 Å². The van der Waals surface area contributed by atoms with Gasteiger partial charge in [0.2, 0.25) is 15.9 Å². The van der Waals surface area contributed by atoms with Crippen LogP contribution in [0.1, 0.15) is 18.9 Å². The number of carbonyl (C=O) groups is 1. The minimum absolute atomic E-state index is 0.133. The van der Waals surface area contributed by atoms with Gasteiger partial charge in [0.15, 0.2) is 0 Å². The van der Waals surface area contributed by atoms with Crippen molar-refractivity contribution in [3.8, 4) is 0 Å². The molecule has 1 saturated heterocycles. The molecule has 122 valence electrons. The molecule has 0 aromatic heterocycles. The third-order valence-corrected chi connectivity index (χ3v) is 5.91. The molecule has 2 rings (SSSR count). The molecule has 0 bridgehead atoms. The maximum Gasteiger partial charge on any atom is 0.243 e. The molecule has 22 heavy (non-hydrogen) atoms. The second-order valence-corrected chi connectivity index (χ2v) is 7.50. The third kappa shape index (κ3) is 3.66. The molecule has 6 nitrogen and oxygen atoms in total. The van der Waals surface area contributed by atoms with Crippen LogP contribution < -0.4 is 5.32 Å². The predicted molar refractivity (Wildman–Crippen MR) is 86.4 cm³/mol. The van der Waals surface area contributed by atoms with E-state index in [4.69, 9.17) is 0 Å². The Morgan fingerprint density at radius 1 is 1.23 bits per heavy atom. The van der Waals surface area contributed by atoms with Crippen LogP contribution in [-0.2, 0) is 14.8 Å². The van der Waals surface area contributed by atoms with Gasteiger partial charge in [0, 0.05) is 38.3 Å². The molecule has 0 atom stereocenters. The van der Waals surface area contributed by atoms with Gasteiger partial charge in [0.05, 0.1) is 4.90 Å². The largest absolute Gasteiger partial charge is 0.326 e. The Morgan fingerprint density at radius 3 is 2.45 bits per heavy atom. The fourth-order valence-corrected chi connectivity index (χ4v) is 4.05. The number of nitrogens with one attached hydrogen (secondary N) is 1. The van der Waals surface area contributed by atoms with Crippen molar-refractivity contribution in [1.29, 1.82) is 0 Å². The lowest BCUT2D eigenvalue weighted by Gasteiger charge is -2.32. The molecule has 0 spiro atoms. The number of hydrogen-bond donors (Lipinski definition) is 1. The van der Waals surface area contributed by atoms with E-state index in [1.54, 1.807) is 32.0 Å². The first-order valence-electron chi connectivity index (χ1n) is 7.43. The smallest absolute Gasteiger partial charge is 0.243 e. The predicted octanol–water partition coefficient (Wildman–Crippen LogP) is 1.28. The summed E-state index contributed by atoms with van der Waals surface area (Å²) in [5.41, 5.74) is 1.21. The van der Waals surface area contributed by atoms with Gasteiger partial charge in [-0.05, 0) is 31.7 Å². The van der Waals surface area contributed by atoms with Gasteiger partial charge in [0.1, 0.15) is 0 Å². The lowest BCUT2D eigenvalue weighted by atomic mass is 10.2. The molecule has 1 fully saturated rings. The molecule has 1 aliphatic rings. The van der Waals surface area contributed by atoms with Gasteiger partial charge in [-0.1, -0.05) is 13.0 Å². The highest BCUT2D eigenvalue weighted by atomic mass is 32.2. The SMILES string of the molecule is CCC(=O)Nc1ccc(C)c(S(=O)(=O)N2CCN(C)CC2)c1. The van der Waals surface area contributed by atoms with Gasteiger partial charge in [-0.2, -0.15) is 4.31 Å². The van der Waals surface area contributed by atoms with Crippen LogP contribution in [0.5, 0.6) is 0 Å². The molecule has 1 aromatic carbocycles. The number of carbonyl (C=O) groups excluding carboxylic acids is 1. The van der Waals surface area contributed by atoms with Crippen molar-refractivity contribution < 1.29 is 13.2 Å². The zero-order valence-electron chi connectivity index (χ0n) is 13.3. The van der Waals surface area contributed by atoms with E-state index in [-0.39, 0.29) is 10.8 Å². The summed E-state index contributed by atoms with van der Waals surface area (Å²) >= 11 is 0. The summed E-state index contributed by atoms with van der Waals surface area (Å²) in [6.45, 7) is 5.96. The van der Waals surface area contributed by atoms with Gasteiger partial charge >= 0.3 is 0 Å². The Hall–Kier alpha value is -1.44. The van der Waals surface area contributed by atoms with Crippen molar-refractivity contribution >= 4 is 21.6 Å². The molecular weight excluding hydrogens is 302 g/mol. The van der Waals surface area contributed by atoms with Crippen LogP contribution in [0.3, 0.4) is 0 Å². The number of amides is 1. The van der Waals surface area contributed by atoms with Crippen molar-refractivity contribution in [2.75, 3.05) is 38.5 Å². The first-order valence-corrected chi connectivity index (χ1v) is 8.88. The van der Waals surface area contributed by atoms with Crippen molar-refractivity contribution in [3.63, 3.8) is 0 Å². The van der Waals surface area contributed by atoms with Crippen LogP contribution in [0.25, 0.3) is 0 Å². The van der Waals surface area contributed by atoms with Crippen LogP contribution in [-0.4, -0.2) is 56.8 Å². The van der Waals surface area contributed by atoms with Crippen molar-refractivity contribution in [1.82, 2.24) is 9.21 Å². The third-order valence-electron chi connectivity index (χ3n) is 3.87. The van der Waals surface area contributed by atoms with Crippen molar-refractivity contribution in [2.45, 2.75) is 25.2 Å². The number of nitrogens with zero attached hydrogens (tertiary/aromatic N) is 2. The topological polar surface area (TPSA) is 69.7 Å². The Kier molecular flexibility index (Phi) is 5.20. The molecule has 0 saturated carbocycles. The van der Waals surface area contributed by atoms with E-state index < -0.39 is 10.0 Å². The Labute approximate surface area is 132 Å². The Morgan fingerprint density at radius 2 is 1.86 bits per heavy atom. The molecule has 1 heterocycles. The monoisotopic (exact) mass is 325 g/mol. The fourth-order valence-electron chi connectivity index (χ4n) is 2.37. The van der Waals surface area contributed by atoms with E-state index in [0.717, 1.165) is 13.1 Å². The van der Waals surface area contributed by atoms with Gasteiger partial charge in [-0.3, -0.25) is 4.79 Å². The Balaban J connectivity index is 2.29. The lowest BCUT2D eigenvalue weighted by Crippen LogP contribution is -2.47. The summed E-state index contributed by atoms with van der Waals surface area (Å²) in [6.07, 6.45) is 0.356. The van der Waals surface area contributed by atoms with Crippen LogP contribution in [0.15, 0.2) is 23.1 Å². The van der Waals surface area contributed by atoms with Gasteiger partial charge in [0.25, 0.3) is 0 Å². The number of sulfonamides is 1. The summed E-state index contributed by atoms with van der Waals surface area (Å²) in [5, 5.41) is 2.71. The lowest BCUT2D eigenvalue weighted by molar-refractivity contribution is -0.115. The van der Waals surface area contributed by atoms with E-state index in [1.807, 2.05) is 7.05 Å². The zero-order valence-corrected chi connectivity index (χ0v) is 14.1. The van der Waals surface area contributed by atoms with Crippen LogP contribution >= 0.6 is 0 Å². The maximum absolute atomic E-state index is 12.8. The molecule has 0 radical (unpaired) electrons. The van der Waals surface area contributed by atoms with Crippen LogP contribution in [0.2, 0.25) is 0 Å². The molecule has 7 heteroatoms. The molecular formula is C15H23N3O3S. The molecule has 0 aliphatic carbocycles. The summed E-state index contributed by atoms with van der Waals surface area (Å²) in [4.78, 5) is 13.9. The second-order valence-electron chi connectivity index (χ2n) is 5.59. The van der Waals surface area contributed by atoms with E-state index in [1.165, 1.54) is 4.31 Å². The first-order chi connectivity index (χ1) is 10.3. The highest BCUT2D eigenvalue weighted by Gasteiger charge is 2.28. The quantitative estimate of drug-likeness (QED) is 0.905. The molecule has 0 unspecified atom stereocenters. The molecule has 1 N–H and O–H groups in total. The Bertz CT molecular complexity index is 650. The number of benzene rings is 1. The van der Waals surface area contributed by atoms with Gasteiger partial charge in [-0.25, -0.2) is 8.42 Å². The van der Waals surface area contributed by atoms with Crippen molar-refractivity contribution in [2.24, 2.45) is 0 Å². The van der Waals surface area contributed by atoms with E-state index in [2.05, 4.69) is 10.2 Å². The van der Waals surface area contributed by atoms with E-state index in [9.17, 15) is 13.2 Å². The summed E-state index contributed by atoms with van der Waals surface area (Å²) < 4.78 is 27.1. The second kappa shape index (κ2) is 6.76. The van der Waals surface area contributed by atoms with Crippen molar-refractivity contribution in [3.05, 3.63) is 23.8 Å². The standard InChI is InChI=1S/C15H23N3O3S/c1-4-15(19)16-13-6-5-12(2)14(11-13)22(20,21)18-9-7-17(3)8-10-18/h5-6,11H,4,7-10H2,1-3H3,(H,16,19). The summed E-state index contributed by atoms with van der Waals surface area (Å²) in [7, 11) is -1.54. The number of anilines is 1.